The minimum Gasteiger partial charge on any atom is -0.493 e. The van der Waals surface area contributed by atoms with Gasteiger partial charge in [-0.2, -0.15) is 0 Å². The monoisotopic (exact) mass is 240 g/mol. The quantitative estimate of drug-likeness (QED) is 0.738. The van der Waals surface area contributed by atoms with E-state index in [9.17, 15) is 4.79 Å². The van der Waals surface area contributed by atoms with E-state index < -0.39 is 5.41 Å². The number of rotatable bonds is 5. The molecule has 0 fully saturated rings. The number of carbonyl (C=O) groups is 1. The van der Waals surface area contributed by atoms with E-state index in [1.165, 1.54) is 5.56 Å². The lowest BCUT2D eigenvalue weighted by Crippen LogP contribution is -2.27. The van der Waals surface area contributed by atoms with E-state index in [0.29, 0.717) is 6.61 Å². The third-order valence-corrected chi connectivity index (χ3v) is 2.95. The molecule has 0 saturated heterocycles. The molecule has 88 valence electrons. The number of aryl methyl sites for hydroxylation is 1. The van der Waals surface area contributed by atoms with Gasteiger partial charge in [0, 0.05) is 0 Å². The van der Waals surface area contributed by atoms with E-state index in [0.717, 1.165) is 12.2 Å². The van der Waals surface area contributed by atoms with Crippen LogP contribution in [0.25, 0.3) is 0 Å². The number of hydrogen-bond acceptors (Lipinski definition) is 2. The molecular formula is C13H17ClO2. The SMILES string of the molecule is CCc1cccc(OCC(C)(C)C(=O)Cl)c1. The van der Waals surface area contributed by atoms with Crippen LogP contribution in [0.3, 0.4) is 0 Å². The van der Waals surface area contributed by atoms with Gasteiger partial charge in [0.1, 0.15) is 12.4 Å². The van der Waals surface area contributed by atoms with Crippen LogP contribution in [-0.4, -0.2) is 11.8 Å². The van der Waals surface area contributed by atoms with Crippen LogP contribution in [0.15, 0.2) is 24.3 Å². The number of ether oxygens (including phenoxy) is 1. The summed E-state index contributed by atoms with van der Waals surface area (Å²) in [6, 6.07) is 7.86. The molecule has 0 unspecified atom stereocenters. The summed E-state index contributed by atoms with van der Waals surface area (Å²) in [5.41, 5.74) is 0.566. The van der Waals surface area contributed by atoms with Gasteiger partial charge in [-0.3, -0.25) is 4.79 Å². The molecule has 0 saturated carbocycles. The standard InChI is InChI=1S/C13H17ClO2/c1-4-10-6-5-7-11(8-10)16-9-13(2,3)12(14)15/h5-8H,4,9H2,1-3H3. The highest BCUT2D eigenvalue weighted by Crippen LogP contribution is 2.22. The van der Waals surface area contributed by atoms with Crippen molar-refractivity contribution in [3.05, 3.63) is 29.8 Å². The second-order valence-corrected chi connectivity index (χ2v) is 4.79. The van der Waals surface area contributed by atoms with E-state index in [4.69, 9.17) is 16.3 Å². The molecule has 0 aromatic heterocycles. The lowest BCUT2D eigenvalue weighted by atomic mass is 9.97. The Kier molecular flexibility index (Phi) is 4.36. The van der Waals surface area contributed by atoms with Crippen molar-refractivity contribution in [2.24, 2.45) is 5.41 Å². The first-order valence-corrected chi connectivity index (χ1v) is 5.75. The topological polar surface area (TPSA) is 26.3 Å². The maximum absolute atomic E-state index is 11.1. The maximum Gasteiger partial charge on any atom is 0.230 e. The molecule has 0 aliphatic rings. The number of benzene rings is 1. The van der Waals surface area contributed by atoms with E-state index in [1.54, 1.807) is 13.8 Å². The Balaban J connectivity index is 2.64. The Morgan fingerprint density at radius 1 is 1.44 bits per heavy atom. The summed E-state index contributed by atoms with van der Waals surface area (Å²) in [6.07, 6.45) is 0.967. The molecule has 0 heterocycles. The molecule has 0 aliphatic heterocycles. The van der Waals surface area contributed by atoms with Crippen LogP contribution in [-0.2, 0) is 11.2 Å². The van der Waals surface area contributed by atoms with Gasteiger partial charge in [-0.1, -0.05) is 19.1 Å². The van der Waals surface area contributed by atoms with Gasteiger partial charge >= 0.3 is 0 Å². The van der Waals surface area contributed by atoms with E-state index >= 15 is 0 Å². The van der Waals surface area contributed by atoms with Gasteiger partial charge in [-0.25, -0.2) is 0 Å². The second kappa shape index (κ2) is 5.35. The van der Waals surface area contributed by atoms with Crippen LogP contribution >= 0.6 is 11.6 Å². The molecule has 0 radical (unpaired) electrons. The predicted octanol–water partition coefficient (Wildman–Crippen LogP) is 3.42. The fourth-order valence-corrected chi connectivity index (χ4v) is 1.23. The highest BCUT2D eigenvalue weighted by atomic mass is 35.5. The molecular weight excluding hydrogens is 224 g/mol. The van der Waals surface area contributed by atoms with Gasteiger partial charge in [0.25, 0.3) is 0 Å². The Morgan fingerprint density at radius 3 is 2.69 bits per heavy atom. The average Bonchev–Trinajstić information content (AvgIpc) is 2.26. The van der Waals surface area contributed by atoms with Crippen LogP contribution < -0.4 is 4.74 Å². The first-order valence-electron chi connectivity index (χ1n) is 5.37. The Hall–Kier alpha value is -1.02. The number of halogens is 1. The summed E-state index contributed by atoms with van der Waals surface area (Å²) in [4.78, 5) is 11.1. The van der Waals surface area contributed by atoms with Crippen molar-refractivity contribution in [3.8, 4) is 5.75 Å². The molecule has 0 bridgehead atoms. The van der Waals surface area contributed by atoms with E-state index in [-0.39, 0.29) is 5.24 Å². The minimum absolute atomic E-state index is 0.294. The lowest BCUT2D eigenvalue weighted by molar-refractivity contribution is -0.120. The van der Waals surface area contributed by atoms with Crippen LogP contribution in [0, 0.1) is 5.41 Å². The summed E-state index contributed by atoms with van der Waals surface area (Å²) in [6.45, 7) is 5.92. The largest absolute Gasteiger partial charge is 0.493 e. The molecule has 2 nitrogen and oxygen atoms in total. The first kappa shape index (κ1) is 13.0. The summed E-state index contributed by atoms with van der Waals surface area (Å²) in [5.74, 6) is 0.783. The Bertz CT molecular complexity index is 372. The van der Waals surface area contributed by atoms with Crippen LogP contribution in [0.2, 0.25) is 0 Å². The molecule has 16 heavy (non-hydrogen) atoms. The van der Waals surface area contributed by atoms with Crippen molar-refractivity contribution < 1.29 is 9.53 Å². The smallest absolute Gasteiger partial charge is 0.230 e. The summed E-state index contributed by atoms with van der Waals surface area (Å²) in [7, 11) is 0. The lowest BCUT2D eigenvalue weighted by Gasteiger charge is -2.20. The molecule has 0 amide bonds. The molecule has 0 N–H and O–H groups in total. The normalized spacial score (nSPS) is 11.2. The zero-order valence-corrected chi connectivity index (χ0v) is 10.7. The third kappa shape index (κ3) is 3.53. The van der Waals surface area contributed by atoms with Crippen LogP contribution in [0.4, 0.5) is 0 Å². The van der Waals surface area contributed by atoms with Crippen molar-refractivity contribution in [2.75, 3.05) is 6.61 Å². The average molecular weight is 241 g/mol. The van der Waals surface area contributed by atoms with Crippen molar-refractivity contribution >= 4 is 16.8 Å². The van der Waals surface area contributed by atoms with Gasteiger partial charge in [-0.05, 0) is 49.6 Å². The minimum atomic E-state index is -0.649. The molecule has 1 aromatic rings. The second-order valence-electron chi connectivity index (χ2n) is 4.45. The summed E-state index contributed by atoms with van der Waals surface area (Å²) >= 11 is 5.48. The molecule has 1 aromatic carbocycles. The molecule has 0 atom stereocenters. The fraction of sp³-hybridized carbons (Fsp3) is 0.462. The van der Waals surface area contributed by atoms with Gasteiger partial charge < -0.3 is 4.74 Å². The van der Waals surface area contributed by atoms with E-state index in [1.807, 2.05) is 24.3 Å². The molecule has 0 aliphatic carbocycles. The zero-order chi connectivity index (χ0) is 12.2. The van der Waals surface area contributed by atoms with Crippen molar-refractivity contribution in [1.29, 1.82) is 0 Å². The first-order chi connectivity index (χ1) is 7.45. The maximum atomic E-state index is 11.1. The van der Waals surface area contributed by atoms with Crippen molar-refractivity contribution in [2.45, 2.75) is 27.2 Å². The van der Waals surface area contributed by atoms with Gasteiger partial charge in [-0.15, -0.1) is 0 Å². The third-order valence-electron chi connectivity index (χ3n) is 2.44. The van der Waals surface area contributed by atoms with Gasteiger partial charge in [0.05, 0.1) is 5.41 Å². The highest BCUT2D eigenvalue weighted by molar-refractivity contribution is 6.64. The van der Waals surface area contributed by atoms with Gasteiger partial charge in [0.2, 0.25) is 5.24 Å². The molecule has 3 heteroatoms. The highest BCUT2D eigenvalue weighted by Gasteiger charge is 2.26. The fourth-order valence-electron chi connectivity index (χ4n) is 1.18. The molecule has 1 rings (SSSR count). The van der Waals surface area contributed by atoms with Crippen molar-refractivity contribution in [1.82, 2.24) is 0 Å². The van der Waals surface area contributed by atoms with Crippen LogP contribution in [0.1, 0.15) is 26.3 Å². The van der Waals surface area contributed by atoms with Gasteiger partial charge in [0.15, 0.2) is 0 Å². The van der Waals surface area contributed by atoms with Crippen LogP contribution in [0.5, 0.6) is 5.75 Å². The predicted molar refractivity (Wildman–Crippen MR) is 66.0 cm³/mol. The van der Waals surface area contributed by atoms with E-state index in [2.05, 4.69) is 6.92 Å². The summed E-state index contributed by atoms with van der Waals surface area (Å²) < 4.78 is 5.57. The molecule has 0 spiro atoms. The van der Waals surface area contributed by atoms with Crippen molar-refractivity contribution in [3.63, 3.8) is 0 Å². The number of carbonyl (C=O) groups excluding carboxylic acids is 1. The Morgan fingerprint density at radius 2 is 2.12 bits per heavy atom. The summed E-state index contributed by atoms with van der Waals surface area (Å²) in [5, 5.41) is -0.376. The number of hydrogen-bond donors (Lipinski definition) is 0. The zero-order valence-electron chi connectivity index (χ0n) is 9.92. The Labute approximate surface area is 102 Å².